The number of carboxylic acid groups (broad SMARTS) is 1. The van der Waals surface area contributed by atoms with E-state index >= 15 is 0 Å². The average molecular weight is 395 g/mol. The number of sulfonamides is 1. The molecule has 9 nitrogen and oxygen atoms in total. The third-order valence-corrected chi connectivity index (χ3v) is 6.59. The molecule has 0 saturated heterocycles. The lowest BCUT2D eigenvalue weighted by Gasteiger charge is -2.42. The number of amides is 2. The summed E-state index contributed by atoms with van der Waals surface area (Å²) in [4.78, 5) is 37.5. The second-order valence-corrected chi connectivity index (χ2v) is 8.49. The number of rotatable bonds is 7. The van der Waals surface area contributed by atoms with E-state index in [4.69, 9.17) is 5.11 Å². The van der Waals surface area contributed by atoms with Gasteiger partial charge in [0, 0.05) is 19.1 Å². The van der Waals surface area contributed by atoms with E-state index in [1.807, 2.05) is 6.92 Å². The first kappa shape index (κ1) is 19.5. The van der Waals surface area contributed by atoms with Crippen molar-refractivity contribution in [2.75, 3.05) is 20.1 Å². The van der Waals surface area contributed by atoms with Crippen LogP contribution in [0.3, 0.4) is 0 Å². The maximum atomic E-state index is 12.6. The number of carboxylic acids is 1. The molecule has 0 spiro atoms. The van der Waals surface area contributed by atoms with Gasteiger partial charge in [0.1, 0.15) is 0 Å². The second-order valence-electron chi connectivity index (χ2n) is 6.78. The van der Waals surface area contributed by atoms with Gasteiger partial charge in [0.2, 0.25) is 10.0 Å². The lowest BCUT2D eigenvalue weighted by molar-refractivity contribution is -0.139. The summed E-state index contributed by atoms with van der Waals surface area (Å²) in [6, 6.07) is 3.61. The molecular formula is C17H21N3O6S. The quantitative estimate of drug-likeness (QED) is 0.629. The highest BCUT2D eigenvalue weighted by molar-refractivity contribution is 7.89. The lowest BCUT2D eigenvalue weighted by Crippen LogP contribution is -2.54. The van der Waals surface area contributed by atoms with Gasteiger partial charge >= 0.3 is 5.97 Å². The van der Waals surface area contributed by atoms with Gasteiger partial charge in [-0.05, 0) is 37.6 Å². The van der Waals surface area contributed by atoms with E-state index < -0.39 is 27.8 Å². The Hall–Kier alpha value is -2.30. The van der Waals surface area contributed by atoms with Crippen molar-refractivity contribution in [1.29, 1.82) is 0 Å². The van der Waals surface area contributed by atoms with E-state index in [1.165, 1.54) is 25.2 Å². The number of aliphatic carboxylic acids is 1. The van der Waals surface area contributed by atoms with Gasteiger partial charge in [-0.1, -0.05) is 6.92 Å². The number of nitrogens with one attached hydrogen (secondary N) is 1. The van der Waals surface area contributed by atoms with Gasteiger partial charge in [-0.15, -0.1) is 0 Å². The Morgan fingerprint density at radius 3 is 2.48 bits per heavy atom. The van der Waals surface area contributed by atoms with Crippen LogP contribution >= 0.6 is 0 Å². The summed E-state index contributed by atoms with van der Waals surface area (Å²) in [6.45, 7) is 2.36. The normalized spacial score (nSPS) is 22.1. The van der Waals surface area contributed by atoms with E-state index in [1.54, 1.807) is 4.90 Å². The first-order valence-electron chi connectivity index (χ1n) is 8.58. The summed E-state index contributed by atoms with van der Waals surface area (Å²) in [7, 11) is -2.50. The average Bonchev–Trinajstić information content (AvgIpc) is 2.80. The molecule has 3 rings (SSSR count). The number of imide groups is 1. The molecule has 1 heterocycles. The van der Waals surface area contributed by atoms with E-state index in [0.717, 1.165) is 4.90 Å². The molecule has 1 aliphatic heterocycles. The third kappa shape index (κ3) is 3.60. The van der Waals surface area contributed by atoms with Crippen molar-refractivity contribution >= 4 is 27.8 Å². The minimum absolute atomic E-state index is 0.0201. The Morgan fingerprint density at radius 1 is 1.26 bits per heavy atom. The number of likely N-dealkylation sites (N-methyl/N-ethyl adjacent to an activating group) is 1. The number of carbonyl (C=O) groups excluding carboxylic acids is 2. The molecule has 1 fully saturated rings. The molecule has 2 N–H and O–H groups in total. The topological polar surface area (TPSA) is 124 Å². The van der Waals surface area contributed by atoms with Gasteiger partial charge in [-0.2, -0.15) is 0 Å². The van der Waals surface area contributed by atoms with Gasteiger partial charge in [0.25, 0.3) is 11.8 Å². The molecular weight excluding hydrogens is 374 g/mol. The summed E-state index contributed by atoms with van der Waals surface area (Å²) in [5.41, 5.74) is 0.271. The van der Waals surface area contributed by atoms with Gasteiger partial charge in [-0.3, -0.25) is 24.2 Å². The summed E-state index contributed by atoms with van der Waals surface area (Å²) < 4.78 is 27.8. The van der Waals surface area contributed by atoms with Crippen LogP contribution in [0.25, 0.3) is 0 Å². The fourth-order valence-electron chi connectivity index (χ4n) is 3.45. The van der Waals surface area contributed by atoms with Crippen LogP contribution in [0.1, 0.15) is 40.5 Å². The standard InChI is InChI=1S/C17H21N3O6S/c1-3-20(9-15(21)22)11-6-10(7-11)18-27(25,26)12-4-5-13-14(8-12)17(24)19(2)16(13)23/h4-5,8,10-11,18H,3,6-7,9H2,1-2H3,(H,21,22). The summed E-state index contributed by atoms with van der Waals surface area (Å²) in [6.07, 6.45) is 1.04. The predicted octanol–water partition coefficient (Wildman–Crippen LogP) is 0.128. The van der Waals surface area contributed by atoms with Crippen LogP contribution in [-0.4, -0.2) is 73.3 Å². The van der Waals surface area contributed by atoms with Crippen LogP contribution in [0.4, 0.5) is 0 Å². The van der Waals surface area contributed by atoms with E-state index in [0.29, 0.717) is 19.4 Å². The first-order valence-corrected chi connectivity index (χ1v) is 10.1. The van der Waals surface area contributed by atoms with Crippen LogP contribution < -0.4 is 4.72 Å². The summed E-state index contributed by atoms with van der Waals surface area (Å²) in [5.74, 6) is -1.89. The Kier molecular flexibility index (Phi) is 5.06. The molecule has 0 atom stereocenters. The molecule has 0 unspecified atom stereocenters. The van der Waals surface area contributed by atoms with Crippen molar-refractivity contribution in [2.45, 2.75) is 36.7 Å². The number of nitrogens with zero attached hydrogens (tertiary/aromatic N) is 2. The van der Waals surface area contributed by atoms with Crippen LogP contribution in [0, 0.1) is 0 Å². The van der Waals surface area contributed by atoms with E-state index in [-0.39, 0.29) is 34.7 Å². The van der Waals surface area contributed by atoms with Crippen LogP contribution in [0.5, 0.6) is 0 Å². The summed E-state index contributed by atoms with van der Waals surface area (Å²) >= 11 is 0. The molecule has 27 heavy (non-hydrogen) atoms. The fraction of sp³-hybridized carbons (Fsp3) is 0.471. The zero-order valence-electron chi connectivity index (χ0n) is 15.0. The Bertz CT molecular complexity index is 907. The SMILES string of the molecule is CCN(CC(=O)O)C1CC(NS(=O)(=O)c2ccc3c(c2)C(=O)N(C)C3=O)C1. The lowest BCUT2D eigenvalue weighted by atomic mass is 9.86. The van der Waals surface area contributed by atoms with Crippen LogP contribution in [0.15, 0.2) is 23.1 Å². The smallest absolute Gasteiger partial charge is 0.317 e. The van der Waals surface area contributed by atoms with Gasteiger partial charge in [0.15, 0.2) is 0 Å². The van der Waals surface area contributed by atoms with Crippen molar-refractivity contribution in [3.63, 3.8) is 0 Å². The number of hydrogen-bond donors (Lipinski definition) is 2. The van der Waals surface area contributed by atoms with E-state index in [9.17, 15) is 22.8 Å². The number of carbonyl (C=O) groups is 3. The maximum absolute atomic E-state index is 12.6. The zero-order valence-corrected chi connectivity index (χ0v) is 15.8. The zero-order chi connectivity index (χ0) is 19.9. The van der Waals surface area contributed by atoms with E-state index in [2.05, 4.69) is 4.72 Å². The molecule has 10 heteroatoms. The van der Waals surface area contributed by atoms with Crippen molar-refractivity contribution in [1.82, 2.24) is 14.5 Å². The molecule has 146 valence electrons. The molecule has 0 bridgehead atoms. The molecule has 1 aromatic rings. The highest BCUT2D eigenvalue weighted by Gasteiger charge is 2.38. The minimum Gasteiger partial charge on any atom is -0.480 e. The fourth-order valence-corrected chi connectivity index (χ4v) is 4.74. The number of benzene rings is 1. The maximum Gasteiger partial charge on any atom is 0.317 e. The second kappa shape index (κ2) is 7.02. The first-order chi connectivity index (χ1) is 12.6. The molecule has 0 radical (unpaired) electrons. The Labute approximate surface area is 157 Å². The van der Waals surface area contributed by atoms with Crippen molar-refractivity contribution in [3.05, 3.63) is 29.3 Å². The minimum atomic E-state index is -3.85. The number of hydrogen-bond acceptors (Lipinski definition) is 6. The molecule has 1 saturated carbocycles. The molecule has 0 aromatic heterocycles. The predicted molar refractivity (Wildman–Crippen MR) is 94.9 cm³/mol. The highest BCUT2D eigenvalue weighted by atomic mass is 32.2. The number of fused-ring (bicyclic) bond motifs is 1. The van der Waals surface area contributed by atoms with Crippen LogP contribution in [-0.2, 0) is 14.8 Å². The molecule has 1 aromatic carbocycles. The highest BCUT2D eigenvalue weighted by Crippen LogP contribution is 2.28. The van der Waals surface area contributed by atoms with Gasteiger partial charge in [-0.25, -0.2) is 13.1 Å². The van der Waals surface area contributed by atoms with Crippen LogP contribution in [0.2, 0.25) is 0 Å². The Morgan fingerprint density at radius 2 is 1.89 bits per heavy atom. The molecule has 2 aliphatic rings. The largest absolute Gasteiger partial charge is 0.480 e. The van der Waals surface area contributed by atoms with Gasteiger partial charge < -0.3 is 5.11 Å². The monoisotopic (exact) mass is 395 g/mol. The van der Waals surface area contributed by atoms with Crippen molar-refractivity contribution in [3.8, 4) is 0 Å². The van der Waals surface area contributed by atoms with Crippen molar-refractivity contribution < 1.29 is 27.9 Å². The third-order valence-electron chi connectivity index (χ3n) is 5.07. The van der Waals surface area contributed by atoms with Crippen molar-refractivity contribution in [2.24, 2.45) is 0 Å². The molecule has 2 amide bonds. The summed E-state index contributed by atoms with van der Waals surface area (Å²) in [5, 5.41) is 8.91. The Balaban J connectivity index is 1.68. The molecule has 1 aliphatic carbocycles. The van der Waals surface area contributed by atoms with Gasteiger partial charge in [0.05, 0.1) is 22.6 Å².